The van der Waals surface area contributed by atoms with E-state index in [1.165, 1.54) is 13.0 Å². The van der Waals surface area contributed by atoms with Crippen LogP contribution in [0.5, 0.6) is 0 Å². The number of carboxylic acid groups (broad SMARTS) is 1. The van der Waals surface area contributed by atoms with Gasteiger partial charge in [0.2, 0.25) is 0 Å². The number of hydrogen-bond acceptors (Lipinski definition) is 2. The van der Waals surface area contributed by atoms with E-state index in [1.54, 1.807) is 19.9 Å². The maximum Gasteiger partial charge on any atom is 0.309 e. The molecular formula is C9H16O3. The normalized spacial score (nSPS) is 19.0. The largest absolute Gasteiger partial charge is 0.481 e. The molecule has 0 heterocycles. The van der Waals surface area contributed by atoms with Crippen molar-refractivity contribution in [1.29, 1.82) is 0 Å². The smallest absolute Gasteiger partial charge is 0.309 e. The van der Waals surface area contributed by atoms with Gasteiger partial charge in [0.25, 0.3) is 0 Å². The van der Waals surface area contributed by atoms with Crippen molar-refractivity contribution >= 4 is 5.97 Å². The third kappa shape index (κ3) is 2.66. The summed E-state index contributed by atoms with van der Waals surface area (Å²) in [6, 6.07) is 0. The highest BCUT2D eigenvalue weighted by Gasteiger charge is 2.33. The number of aliphatic carboxylic acids is 1. The van der Waals surface area contributed by atoms with Gasteiger partial charge in [0.1, 0.15) is 0 Å². The Bertz CT molecular complexity index is 182. The Hall–Kier alpha value is -0.830. The molecule has 0 aromatic heterocycles. The van der Waals surface area contributed by atoms with E-state index in [1.807, 2.05) is 0 Å². The average Bonchev–Trinajstić information content (AvgIpc) is 1.86. The van der Waals surface area contributed by atoms with Gasteiger partial charge in [-0.2, -0.15) is 0 Å². The zero-order valence-electron chi connectivity index (χ0n) is 7.74. The van der Waals surface area contributed by atoms with Gasteiger partial charge >= 0.3 is 5.97 Å². The molecule has 12 heavy (non-hydrogen) atoms. The number of carbonyl (C=O) groups is 1. The molecule has 2 N–H and O–H groups in total. The van der Waals surface area contributed by atoms with Crippen LogP contribution in [0, 0.1) is 5.92 Å². The van der Waals surface area contributed by atoms with Gasteiger partial charge in [-0.25, -0.2) is 0 Å². The van der Waals surface area contributed by atoms with Crippen LogP contribution < -0.4 is 0 Å². The first kappa shape index (κ1) is 11.2. The summed E-state index contributed by atoms with van der Waals surface area (Å²) in [6.45, 7) is 5.01. The minimum Gasteiger partial charge on any atom is -0.481 e. The zero-order chi connectivity index (χ0) is 9.78. The van der Waals surface area contributed by atoms with Crippen LogP contribution in [0.25, 0.3) is 0 Å². The van der Waals surface area contributed by atoms with Gasteiger partial charge in [0.05, 0.1) is 11.5 Å². The highest BCUT2D eigenvalue weighted by molar-refractivity contribution is 5.71. The van der Waals surface area contributed by atoms with Gasteiger partial charge in [-0.1, -0.05) is 19.1 Å². The lowest BCUT2D eigenvalue weighted by Crippen LogP contribution is -2.37. The van der Waals surface area contributed by atoms with Crippen molar-refractivity contribution in [2.45, 2.75) is 32.8 Å². The molecule has 0 spiro atoms. The summed E-state index contributed by atoms with van der Waals surface area (Å²) in [6.07, 6.45) is 3.59. The molecule has 3 nitrogen and oxygen atoms in total. The first-order valence-electron chi connectivity index (χ1n) is 4.04. The van der Waals surface area contributed by atoms with Gasteiger partial charge in [-0.15, -0.1) is 0 Å². The first-order chi connectivity index (χ1) is 5.45. The molecule has 0 radical (unpaired) electrons. The SMILES string of the molecule is CC=CC(C)(O)C(CC)C(=O)O. The zero-order valence-corrected chi connectivity index (χ0v) is 7.74. The molecule has 0 aromatic carbocycles. The van der Waals surface area contributed by atoms with Crippen LogP contribution in [-0.4, -0.2) is 21.8 Å². The molecule has 0 aliphatic carbocycles. The fourth-order valence-electron chi connectivity index (χ4n) is 1.29. The molecule has 70 valence electrons. The molecule has 2 unspecified atom stereocenters. The predicted molar refractivity (Wildman–Crippen MR) is 46.9 cm³/mol. The topological polar surface area (TPSA) is 57.5 Å². The minimum absolute atomic E-state index is 0.423. The summed E-state index contributed by atoms with van der Waals surface area (Å²) in [7, 11) is 0. The number of aliphatic hydroxyl groups is 1. The molecule has 0 aliphatic heterocycles. The van der Waals surface area contributed by atoms with E-state index in [0.717, 1.165) is 0 Å². The predicted octanol–water partition coefficient (Wildman–Crippen LogP) is 1.42. The van der Waals surface area contributed by atoms with Crippen LogP contribution in [0.15, 0.2) is 12.2 Å². The van der Waals surface area contributed by atoms with Gasteiger partial charge in [0, 0.05) is 0 Å². The Morgan fingerprint density at radius 1 is 1.67 bits per heavy atom. The molecule has 0 bridgehead atoms. The van der Waals surface area contributed by atoms with Crippen LogP contribution in [0.2, 0.25) is 0 Å². The van der Waals surface area contributed by atoms with E-state index in [2.05, 4.69) is 0 Å². The molecule has 0 saturated heterocycles. The number of carboxylic acids is 1. The van der Waals surface area contributed by atoms with E-state index in [4.69, 9.17) is 5.11 Å². The Morgan fingerprint density at radius 3 is 2.42 bits per heavy atom. The first-order valence-corrected chi connectivity index (χ1v) is 4.04. The monoisotopic (exact) mass is 172 g/mol. The number of hydrogen-bond donors (Lipinski definition) is 2. The lowest BCUT2D eigenvalue weighted by atomic mass is 9.87. The quantitative estimate of drug-likeness (QED) is 0.630. The fourth-order valence-corrected chi connectivity index (χ4v) is 1.29. The third-order valence-electron chi connectivity index (χ3n) is 1.92. The van der Waals surface area contributed by atoms with Gasteiger partial charge < -0.3 is 10.2 Å². The summed E-state index contributed by atoms with van der Waals surface area (Å²) < 4.78 is 0. The van der Waals surface area contributed by atoms with Crippen LogP contribution in [0.1, 0.15) is 27.2 Å². The molecule has 0 aromatic rings. The maximum absolute atomic E-state index is 10.7. The van der Waals surface area contributed by atoms with Crippen molar-refractivity contribution in [3.63, 3.8) is 0 Å². The molecule has 2 atom stereocenters. The summed E-state index contributed by atoms with van der Waals surface area (Å²) >= 11 is 0. The maximum atomic E-state index is 10.7. The number of rotatable bonds is 4. The van der Waals surface area contributed by atoms with Crippen LogP contribution in [0.3, 0.4) is 0 Å². The lowest BCUT2D eigenvalue weighted by Gasteiger charge is -2.25. The van der Waals surface area contributed by atoms with E-state index >= 15 is 0 Å². The summed E-state index contributed by atoms with van der Waals surface area (Å²) in [5, 5.41) is 18.4. The summed E-state index contributed by atoms with van der Waals surface area (Å²) in [5.74, 6) is -1.69. The summed E-state index contributed by atoms with van der Waals surface area (Å²) in [4.78, 5) is 10.7. The molecule has 0 rings (SSSR count). The molecule has 0 saturated carbocycles. The van der Waals surface area contributed by atoms with Crippen molar-refractivity contribution in [2.24, 2.45) is 5.92 Å². The molecule has 3 heteroatoms. The minimum atomic E-state index is -1.24. The summed E-state index contributed by atoms with van der Waals surface area (Å²) in [5.41, 5.74) is -1.24. The molecular weight excluding hydrogens is 156 g/mol. The fraction of sp³-hybridized carbons (Fsp3) is 0.667. The highest BCUT2D eigenvalue weighted by atomic mass is 16.4. The van der Waals surface area contributed by atoms with Crippen LogP contribution >= 0.6 is 0 Å². The molecule has 0 amide bonds. The number of allylic oxidation sites excluding steroid dienone is 1. The standard InChI is InChI=1S/C9H16O3/c1-4-6-9(3,12)7(5-2)8(10)11/h4,6-7,12H,5H2,1-3H3,(H,10,11). The second-order valence-electron chi connectivity index (χ2n) is 3.02. The van der Waals surface area contributed by atoms with Gasteiger partial charge in [0.15, 0.2) is 0 Å². The average molecular weight is 172 g/mol. The van der Waals surface area contributed by atoms with E-state index in [-0.39, 0.29) is 0 Å². The molecule has 0 aliphatic rings. The van der Waals surface area contributed by atoms with E-state index in [0.29, 0.717) is 6.42 Å². The van der Waals surface area contributed by atoms with Crippen molar-refractivity contribution < 1.29 is 15.0 Å². The molecule has 0 fully saturated rings. The second-order valence-corrected chi connectivity index (χ2v) is 3.02. The van der Waals surface area contributed by atoms with Crippen molar-refractivity contribution in [2.75, 3.05) is 0 Å². The van der Waals surface area contributed by atoms with Gasteiger partial charge in [-0.05, 0) is 20.3 Å². The second kappa shape index (κ2) is 4.26. The van der Waals surface area contributed by atoms with Crippen molar-refractivity contribution in [3.8, 4) is 0 Å². The van der Waals surface area contributed by atoms with E-state index < -0.39 is 17.5 Å². The highest BCUT2D eigenvalue weighted by Crippen LogP contribution is 2.22. The van der Waals surface area contributed by atoms with Gasteiger partial charge in [-0.3, -0.25) is 4.79 Å². The van der Waals surface area contributed by atoms with Crippen molar-refractivity contribution in [1.82, 2.24) is 0 Å². The van der Waals surface area contributed by atoms with Crippen LogP contribution in [0.4, 0.5) is 0 Å². The van der Waals surface area contributed by atoms with Crippen LogP contribution in [-0.2, 0) is 4.79 Å². The Morgan fingerprint density at radius 2 is 2.17 bits per heavy atom. The Labute approximate surface area is 72.7 Å². The Balaban J connectivity index is 4.58. The van der Waals surface area contributed by atoms with E-state index in [9.17, 15) is 9.90 Å². The van der Waals surface area contributed by atoms with Crippen molar-refractivity contribution in [3.05, 3.63) is 12.2 Å². The lowest BCUT2D eigenvalue weighted by molar-refractivity contribution is -0.148. The Kier molecular flexibility index (Phi) is 3.96. The third-order valence-corrected chi connectivity index (χ3v) is 1.92.